The molecule has 0 radical (unpaired) electrons. The van der Waals surface area contributed by atoms with Crippen molar-refractivity contribution in [3.05, 3.63) is 64.2 Å². The van der Waals surface area contributed by atoms with Crippen LogP contribution in [-0.2, 0) is 0 Å². The van der Waals surface area contributed by atoms with Gasteiger partial charge in [-0.15, -0.1) is 0 Å². The maximum Gasteiger partial charge on any atom is 0.0967 e. The first-order chi connectivity index (χ1) is 9.86. The van der Waals surface area contributed by atoms with Crippen molar-refractivity contribution in [2.24, 2.45) is 0 Å². The van der Waals surface area contributed by atoms with Crippen molar-refractivity contribution in [2.45, 2.75) is 33.8 Å². The van der Waals surface area contributed by atoms with Crippen molar-refractivity contribution >= 4 is 5.69 Å². The summed E-state index contributed by atoms with van der Waals surface area (Å²) in [6.07, 6.45) is -0.476. The Morgan fingerprint density at radius 1 is 0.905 bits per heavy atom. The van der Waals surface area contributed by atoms with E-state index in [1.54, 1.807) is 0 Å². The molecular weight excluding hydrogens is 258 g/mol. The Morgan fingerprint density at radius 2 is 1.52 bits per heavy atom. The van der Waals surface area contributed by atoms with Crippen LogP contribution in [0.2, 0.25) is 0 Å². The molecule has 1 unspecified atom stereocenters. The van der Waals surface area contributed by atoms with Gasteiger partial charge in [0.15, 0.2) is 0 Å². The lowest BCUT2D eigenvalue weighted by atomic mass is 10.0. The molecule has 0 saturated heterocycles. The zero-order valence-corrected chi connectivity index (χ0v) is 13.6. The van der Waals surface area contributed by atoms with Gasteiger partial charge >= 0.3 is 0 Å². The molecule has 2 nitrogen and oxygen atoms in total. The fourth-order valence-corrected chi connectivity index (χ4v) is 2.75. The van der Waals surface area contributed by atoms with Gasteiger partial charge in [0.05, 0.1) is 6.10 Å². The molecule has 21 heavy (non-hydrogen) atoms. The average molecular weight is 283 g/mol. The molecule has 112 valence electrons. The molecule has 0 amide bonds. The molecule has 0 fully saturated rings. The third-order valence-electron chi connectivity index (χ3n) is 3.89. The first-order valence-corrected chi connectivity index (χ1v) is 7.41. The van der Waals surface area contributed by atoms with Crippen LogP contribution in [-0.4, -0.2) is 18.7 Å². The van der Waals surface area contributed by atoms with Crippen LogP contribution in [0.4, 0.5) is 5.69 Å². The Balaban J connectivity index is 2.18. The molecule has 0 heterocycles. The van der Waals surface area contributed by atoms with Gasteiger partial charge in [-0.3, -0.25) is 0 Å². The number of rotatable bonds is 4. The van der Waals surface area contributed by atoms with Gasteiger partial charge in [-0.05, 0) is 62.1 Å². The lowest BCUT2D eigenvalue weighted by Crippen LogP contribution is -2.24. The van der Waals surface area contributed by atoms with E-state index in [-0.39, 0.29) is 0 Å². The summed E-state index contributed by atoms with van der Waals surface area (Å²) in [5, 5.41) is 10.6. The number of nitrogens with zero attached hydrogens (tertiary/aromatic N) is 1. The van der Waals surface area contributed by atoms with Crippen molar-refractivity contribution in [1.82, 2.24) is 0 Å². The standard InChI is InChI=1S/C19H25NO/c1-13-6-7-16(4)18(11-13)19(21)12-20(5)17-9-14(2)8-15(3)10-17/h6-11,19,21H,12H2,1-5H3. The van der Waals surface area contributed by atoms with E-state index in [9.17, 15) is 5.11 Å². The summed E-state index contributed by atoms with van der Waals surface area (Å²) in [5.41, 5.74) is 6.99. The highest BCUT2D eigenvalue weighted by molar-refractivity contribution is 5.50. The van der Waals surface area contributed by atoms with Crippen LogP contribution in [0, 0.1) is 27.7 Å². The molecule has 2 rings (SSSR count). The van der Waals surface area contributed by atoms with Gasteiger partial charge in [-0.25, -0.2) is 0 Å². The Bertz CT molecular complexity index is 613. The van der Waals surface area contributed by atoms with E-state index in [2.05, 4.69) is 69.0 Å². The van der Waals surface area contributed by atoms with Gasteiger partial charge in [-0.2, -0.15) is 0 Å². The normalized spacial score (nSPS) is 12.3. The number of aryl methyl sites for hydroxylation is 4. The average Bonchev–Trinajstić information content (AvgIpc) is 2.40. The summed E-state index contributed by atoms with van der Waals surface area (Å²) in [6.45, 7) is 8.90. The van der Waals surface area contributed by atoms with Gasteiger partial charge < -0.3 is 10.0 Å². The SMILES string of the molecule is Cc1cc(C)cc(N(C)CC(O)c2cc(C)ccc2C)c1. The molecule has 0 bridgehead atoms. The molecule has 2 aromatic carbocycles. The number of likely N-dealkylation sites (N-methyl/N-ethyl adjacent to an activating group) is 1. The van der Waals surface area contributed by atoms with E-state index in [1.807, 2.05) is 7.05 Å². The topological polar surface area (TPSA) is 23.5 Å². The van der Waals surface area contributed by atoms with E-state index >= 15 is 0 Å². The lowest BCUT2D eigenvalue weighted by molar-refractivity contribution is 0.184. The van der Waals surface area contributed by atoms with Crippen molar-refractivity contribution in [2.75, 3.05) is 18.5 Å². The van der Waals surface area contributed by atoms with Crippen LogP contribution < -0.4 is 4.90 Å². The first kappa shape index (κ1) is 15.6. The second-order valence-electron chi connectivity index (χ2n) is 6.10. The highest BCUT2D eigenvalue weighted by atomic mass is 16.3. The minimum absolute atomic E-state index is 0.476. The van der Waals surface area contributed by atoms with E-state index in [4.69, 9.17) is 0 Å². The van der Waals surface area contributed by atoms with Crippen LogP contribution in [0.15, 0.2) is 36.4 Å². The fraction of sp³-hybridized carbons (Fsp3) is 0.368. The fourth-order valence-electron chi connectivity index (χ4n) is 2.75. The molecule has 0 spiro atoms. The predicted molar refractivity (Wildman–Crippen MR) is 90.1 cm³/mol. The monoisotopic (exact) mass is 283 g/mol. The molecular formula is C19H25NO. The molecule has 0 aromatic heterocycles. The second kappa shape index (κ2) is 6.31. The van der Waals surface area contributed by atoms with E-state index in [1.165, 1.54) is 16.7 Å². The van der Waals surface area contributed by atoms with Crippen LogP contribution in [0.25, 0.3) is 0 Å². The number of aliphatic hydroxyl groups is 1. The predicted octanol–water partition coefficient (Wildman–Crippen LogP) is 4.09. The Labute approximate surface area is 128 Å². The maximum atomic E-state index is 10.6. The van der Waals surface area contributed by atoms with Crippen LogP contribution in [0.1, 0.15) is 33.9 Å². The molecule has 2 heteroatoms. The minimum atomic E-state index is -0.476. The summed E-state index contributed by atoms with van der Waals surface area (Å²) >= 11 is 0. The number of aliphatic hydroxyl groups excluding tert-OH is 1. The van der Waals surface area contributed by atoms with E-state index in [0.717, 1.165) is 16.8 Å². The van der Waals surface area contributed by atoms with Crippen molar-refractivity contribution in [3.8, 4) is 0 Å². The molecule has 1 atom stereocenters. The number of hydrogen-bond acceptors (Lipinski definition) is 2. The molecule has 0 aliphatic heterocycles. The number of anilines is 1. The zero-order chi connectivity index (χ0) is 15.6. The van der Waals surface area contributed by atoms with Gasteiger partial charge in [0.1, 0.15) is 0 Å². The van der Waals surface area contributed by atoms with Gasteiger partial charge in [0, 0.05) is 19.3 Å². The van der Waals surface area contributed by atoms with Crippen molar-refractivity contribution in [3.63, 3.8) is 0 Å². The Kier molecular flexibility index (Phi) is 4.69. The molecule has 0 saturated carbocycles. The summed E-state index contributed by atoms with van der Waals surface area (Å²) in [5.74, 6) is 0. The number of benzene rings is 2. The molecule has 1 N–H and O–H groups in total. The summed E-state index contributed by atoms with van der Waals surface area (Å²) < 4.78 is 0. The molecule has 2 aromatic rings. The minimum Gasteiger partial charge on any atom is -0.387 e. The van der Waals surface area contributed by atoms with Crippen molar-refractivity contribution < 1.29 is 5.11 Å². The summed E-state index contributed by atoms with van der Waals surface area (Å²) in [6, 6.07) is 12.7. The van der Waals surface area contributed by atoms with Crippen LogP contribution >= 0.6 is 0 Å². The third kappa shape index (κ3) is 3.85. The number of hydrogen-bond donors (Lipinski definition) is 1. The zero-order valence-electron chi connectivity index (χ0n) is 13.6. The van der Waals surface area contributed by atoms with E-state index < -0.39 is 6.10 Å². The van der Waals surface area contributed by atoms with Gasteiger partial charge in [-0.1, -0.05) is 29.8 Å². The highest BCUT2D eigenvalue weighted by Crippen LogP contribution is 2.23. The van der Waals surface area contributed by atoms with Gasteiger partial charge in [0.2, 0.25) is 0 Å². The Morgan fingerprint density at radius 3 is 2.14 bits per heavy atom. The highest BCUT2D eigenvalue weighted by Gasteiger charge is 2.14. The molecule has 0 aliphatic rings. The maximum absolute atomic E-state index is 10.6. The second-order valence-corrected chi connectivity index (χ2v) is 6.10. The lowest BCUT2D eigenvalue weighted by Gasteiger charge is -2.25. The van der Waals surface area contributed by atoms with Crippen LogP contribution in [0.5, 0.6) is 0 Å². The van der Waals surface area contributed by atoms with Crippen LogP contribution in [0.3, 0.4) is 0 Å². The largest absolute Gasteiger partial charge is 0.387 e. The summed E-state index contributed by atoms with van der Waals surface area (Å²) in [4.78, 5) is 2.12. The summed E-state index contributed by atoms with van der Waals surface area (Å²) in [7, 11) is 2.03. The quantitative estimate of drug-likeness (QED) is 0.913. The third-order valence-corrected chi connectivity index (χ3v) is 3.89. The van der Waals surface area contributed by atoms with Gasteiger partial charge in [0.25, 0.3) is 0 Å². The van der Waals surface area contributed by atoms with E-state index in [0.29, 0.717) is 6.54 Å². The Hall–Kier alpha value is -1.80. The smallest absolute Gasteiger partial charge is 0.0967 e. The first-order valence-electron chi connectivity index (χ1n) is 7.41. The molecule has 0 aliphatic carbocycles. The van der Waals surface area contributed by atoms with Crippen molar-refractivity contribution in [1.29, 1.82) is 0 Å².